The summed E-state index contributed by atoms with van der Waals surface area (Å²) in [4.78, 5) is 11.4. The van der Waals surface area contributed by atoms with Crippen LogP contribution in [-0.4, -0.2) is 44.4 Å². The van der Waals surface area contributed by atoms with Crippen LogP contribution < -0.4 is 5.73 Å². The van der Waals surface area contributed by atoms with Gasteiger partial charge in [-0.2, -0.15) is 4.31 Å². The number of thiocarbonyl (C=S) groups is 1. The van der Waals surface area contributed by atoms with Crippen molar-refractivity contribution in [3.8, 4) is 0 Å². The van der Waals surface area contributed by atoms with E-state index in [4.69, 9.17) is 18.0 Å². The van der Waals surface area contributed by atoms with Crippen LogP contribution in [0.5, 0.6) is 0 Å². The van der Waals surface area contributed by atoms with Crippen molar-refractivity contribution in [1.82, 2.24) is 4.31 Å². The van der Waals surface area contributed by atoms with Crippen molar-refractivity contribution in [2.45, 2.75) is 11.8 Å². The number of nitrogens with two attached hydrogens (primary N) is 1. The van der Waals surface area contributed by atoms with Crippen molar-refractivity contribution in [3.05, 3.63) is 29.3 Å². The summed E-state index contributed by atoms with van der Waals surface area (Å²) in [7, 11) is -1.31. The fraction of sp³-hybridized carbons (Fsp3) is 0.333. The highest BCUT2D eigenvalue weighted by atomic mass is 32.2. The molecular weight excluding hydrogens is 300 g/mol. The number of sulfonamides is 1. The zero-order chi connectivity index (χ0) is 15.5. The first-order valence-electron chi connectivity index (χ1n) is 5.63. The van der Waals surface area contributed by atoms with Gasteiger partial charge in [0.15, 0.2) is 0 Å². The monoisotopic (exact) mass is 316 g/mol. The summed E-state index contributed by atoms with van der Waals surface area (Å²) in [6.07, 6.45) is 0. The lowest BCUT2D eigenvalue weighted by Gasteiger charge is -2.17. The third-order valence-corrected chi connectivity index (χ3v) is 4.92. The first-order valence-corrected chi connectivity index (χ1v) is 7.48. The largest absolute Gasteiger partial charge is 0.468 e. The van der Waals surface area contributed by atoms with E-state index in [1.165, 1.54) is 20.2 Å². The van der Waals surface area contributed by atoms with E-state index in [-0.39, 0.29) is 16.4 Å². The van der Waals surface area contributed by atoms with E-state index < -0.39 is 16.0 Å². The molecule has 0 fully saturated rings. The maximum Gasteiger partial charge on any atom is 0.321 e. The van der Waals surface area contributed by atoms with Crippen LogP contribution in [0.3, 0.4) is 0 Å². The van der Waals surface area contributed by atoms with Gasteiger partial charge in [0, 0.05) is 12.6 Å². The Bertz CT molecular complexity index is 641. The summed E-state index contributed by atoms with van der Waals surface area (Å²) < 4.78 is 30.2. The summed E-state index contributed by atoms with van der Waals surface area (Å²) in [6, 6.07) is 4.67. The van der Waals surface area contributed by atoms with Gasteiger partial charge in [-0.05, 0) is 18.6 Å². The van der Waals surface area contributed by atoms with Gasteiger partial charge in [-0.15, -0.1) is 0 Å². The van der Waals surface area contributed by atoms with E-state index in [2.05, 4.69) is 4.74 Å². The van der Waals surface area contributed by atoms with Crippen molar-refractivity contribution in [2.24, 2.45) is 5.73 Å². The first kappa shape index (κ1) is 16.5. The minimum Gasteiger partial charge on any atom is -0.468 e. The Kier molecular flexibility index (Phi) is 5.21. The van der Waals surface area contributed by atoms with Crippen LogP contribution in [0, 0.1) is 6.92 Å². The molecule has 0 aliphatic carbocycles. The summed E-state index contributed by atoms with van der Waals surface area (Å²) in [5.41, 5.74) is 6.50. The van der Waals surface area contributed by atoms with Crippen molar-refractivity contribution in [2.75, 3.05) is 20.7 Å². The maximum absolute atomic E-state index is 12.4. The highest BCUT2D eigenvalue weighted by molar-refractivity contribution is 7.89. The first-order chi connectivity index (χ1) is 9.20. The highest BCUT2D eigenvalue weighted by Crippen LogP contribution is 2.20. The van der Waals surface area contributed by atoms with Crippen molar-refractivity contribution < 1.29 is 17.9 Å². The molecule has 0 aliphatic heterocycles. The molecule has 1 aromatic carbocycles. The quantitative estimate of drug-likeness (QED) is 0.625. The van der Waals surface area contributed by atoms with Gasteiger partial charge in [0.1, 0.15) is 11.5 Å². The van der Waals surface area contributed by atoms with Gasteiger partial charge in [0.2, 0.25) is 10.0 Å². The Morgan fingerprint density at radius 2 is 2.05 bits per heavy atom. The van der Waals surface area contributed by atoms with Gasteiger partial charge in [0.05, 0.1) is 12.0 Å². The van der Waals surface area contributed by atoms with E-state index in [0.29, 0.717) is 11.1 Å². The molecule has 0 radical (unpaired) electrons. The lowest BCUT2D eigenvalue weighted by Crippen LogP contribution is -2.33. The van der Waals surface area contributed by atoms with Gasteiger partial charge in [-0.3, -0.25) is 4.79 Å². The average Bonchev–Trinajstić information content (AvgIpc) is 2.38. The van der Waals surface area contributed by atoms with Crippen LogP contribution in [-0.2, 0) is 19.6 Å². The van der Waals surface area contributed by atoms with Gasteiger partial charge in [-0.25, -0.2) is 8.42 Å². The van der Waals surface area contributed by atoms with Crippen molar-refractivity contribution >= 4 is 33.2 Å². The maximum atomic E-state index is 12.4. The molecule has 0 heterocycles. The van der Waals surface area contributed by atoms with Crippen LogP contribution >= 0.6 is 12.2 Å². The molecule has 20 heavy (non-hydrogen) atoms. The van der Waals surface area contributed by atoms with E-state index >= 15 is 0 Å². The summed E-state index contributed by atoms with van der Waals surface area (Å²) in [5.74, 6) is -0.640. The normalized spacial score (nSPS) is 11.4. The predicted octanol–water partition coefficient (Wildman–Crippen LogP) is 0.423. The SMILES string of the molecule is COC(=O)CN(C)S(=O)(=O)c1cc(C(N)=S)ccc1C. The molecule has 1 rings (SSSR count). The Hall–Kier alpha value is -1.51. The number of aryl methyl sites for hydroxylation is 1. The molecule has 110 valence electrons. The van der Waals surface area contributed by atoms with Crippen LogP contribution in [0.25, 0.3) is 0 Å². The minimum absolute atomic E-state index is 0.0641. The lowest BCUT2D eigenvalue weighted by atomic mass is 10.1. The fourth-order valence-corrected chi connectivity index (χ4v) is 3.02. The molecule has 0 spiro atoms. The number of methoxy groups -OCH3 is 1. The number of benzene rings is 1. The molecule has 0 amide bonds. The Morgan fingerprint density at radius 3 is 2.55 bits per heavy atom. The fourth-order valence-electron chi connectivity index (χ4n) is 1.53. The second-order valence-electron chi connectivity index (χ2n) is 4.18. The van der Waals surface area contributed by atoms with Gasteiger partial charge < -0.3 is 10.5 Å². The second kappa shape index (κ2) is 6.29. The molecule has 6 nitrogen and oxygen atoms in total. The van der Waals surface area contributed by atoms with E-state index in [1.807, 2.05) is 0 Å². The molecule has 1 aromatic rings. The molecule has 0 saturated heterocycles. The van der Waals surface area contributed by atoms with E-state index in [1.54, 1.807) is 19.1 Å². The van der Waals surface area contributed by atoms with E-state index in [9.17, 15) is 13.2 Å². The third kappa shape index (κ3) is 3.53. The smallest absolute Gasteiger partial charge is 0.321 e. The van der Waals surface area contributed by atoms with Crippen LogP contribution in [0.4, 0.5) is 0 Å². The summed E-state index contributed by atoms with van der Waals surface area (Å²) >= 11 is 4.84. The number of likely N-dealkylation sites (N-methyl/N-ethyl adjacent to an activating group) is 1. The minimum atomic E-state index is -3.81. The van der Waals surface area contributed by atoms with Gasteiger partial charge >= 0.3 is 5.97 Å². The molecule has 8 heteroatoms. The summed E-state index contributed by atoms with van der Waals surface area (Å²) in [6.45, 7) is 1.29. The third-order valence-electron chi connectivity index (χ3n) is 2.74. The van der Waals surface area contributed by atoms with Crippen LogP contribution in [0.15, 0.2) is 23.1 Å². The lowest BCUT2D eigenvalue weighted by molar-refractivity contribution is -0.140. The Labute approximate surface area is 123 Å². The number of carbonyl (C=O) groups excluding carboxylic acids is 1. The zero-order valence-corrected chi connectivity index (χ0v) is 13.0. The van der Waals surface area contributed by atoms with Crippen molar-refractivity contribution in [3.63, 3.8) is 0 Å². The Balaban J connectivity index is 3.24. The molecule has 0 unspecified atom stereocenters. The topological polar surface area (TPSA) is 89.7 Å². The zero-order valence-electron chi connectivity index (χ0n) is 11.4. The number of hydrogen-bond acceptors (Lipinski definition) is 5. The van der Waals surface area contributed by atoms with E-state index in [0.717, 1.165) is 4.31 Å². The predicted molar refractivity (Wildman–Crippen MR) is 78.9 cm³/mol. The number of carbonyl (C=O) groups is 1. The highest BCUT2D eigenvalue weighted by Gasteiger charge is 2.25. The molecule has 0 bridgehead atoms. The molecule has 0 saturated carbocycles. The Morgan fingerprint density at radius 1 is 1.45 bits per heavy atom. The number of rotatable bonds is 5. The number of hydrogen-bond donors (Lipinski definition) is 1. The van der Waals surface area contributed by atoms with Crippen molar-refractivity contribution in [1.29, 1.82) is 0 Å². The number of nitrogens with zero attached hydrogens (tertiary/aromatic N) is 1. The molecule has 2 N–H and O–H groups in total. The second-order valence-corrected chi connectivity index (χ2v) is 6.63. The molecule has 0 aromatic heterocycles. The molecule has 0 aliphatic rings. The van der Waals surface area contributed by atoms with Gasteiger partial charge in [-0.1, -0.05) is 24.4 Å². The standard InChI is InChI=1S/C12H16N2O4S2/c1-8-4-5-9(12(13)19)6-10(8)20(16,17)14(2)7-11(15)18-3/h4-6H,7H2,1-3H3,(H2,13,19). The van der Waals surface area contributed by atoms with Gasteiger partial charge in [0.25, 0.3) is 0 Å². The van der Waals surface area contributed by atoms with Crippen LogP contribution in [0.1, 0.15) is 11.1 Å². The van der Waals surface area contributed by atoms with Crippen LogP contribution in [0.2, 0.25) is 0 Å². The number of ether oxygens (including phenoxy) is 1. The average molecular weight is 316 g/mol. The summed E-state index contributed by atoms with van der Waals surface area (Å²) in [5, 5.41) is 0. The number of esters is 1. The molecule has 0 atom stereocenters. The molecular formula is C12H16N2O4S2.